The average molecular weight is 565 g/mol. The maximum absolute atomic E-state index is 10.9. The molecule has 0 saturated heterocycles. The Bertz CT molecular complexity index is 851. The van der Waals surface area contributed by atoms with Crippen LogP contribution in [0.25, 0.3) is 0 Å². The Hall–Kier alpha value is 0.0538. The Morgan fingerprint density at radius 3 is 1.92 bits per heavy atom. The lowest BCUT2D eigenvalue weighted by Crippen LogP contribution is -2.54. The molecule has 0 aromatic heterocycles. The van der Waals surface area contributed by atoms with Crippen molar-refractivity contribution < 1.29 is 14.0 Å². The second-order valence-electron chi connectivity index (χ2n) is 17.0. The van der Waals surface area contributed by atoms with E-state index in [4.69, 9.17) is 8.85 Å². The fourth-order valence-corrected chi connectivity index (χ4v) is 9.94. The Morgan fingerprint density at radius 1 is 0.842 bits per heavy atom. The minimum atomic E-state index is -1.86. The van der Waals surface area contributed by atoms with Gasteiger partial charge in [0.05, 0.1) is 6.10 Å². The highest BCUT2D eigenvalue weighted by molar-refractivity contribution is 6.74. The van der Waals surface area contributed by atoms with E-state index in [2.05, 4.69) is 94.6 Å². The summed E-state index contributed by atoms with van der Waals surface area (Å²) in [4.78, 5) is 0. The van der Waals surface area contributed by atoms with Crippen LogP contribution in [0.1, 0.15) is 107 Å². The van der Waals surface area contributed by atoms with Crippen molar-refractivity contribution in [2.24, 2.45) is 34.5 Å². The van der Waals surface area contributed by atoms with E-state index in [0.717, 1.165) is 32.5 Å². The van der Waals surface area contributed by atoms with Gasteiger partial charge < -0.3 is 14.0 Å². The molecule has 7 atom stereocenters. The van der Waals surface area contributed by atoms with Crippen LogP contribution in [0.4, 0.5) is 0 Å². The summed E-state index contributed by atoms with van der Waals surface area (Å²) in [6.07, 6.45) is 10.3. The van der Waals surface area contributed by atoms with Crippen LogP contribution >= 0.6 is 0 Å². The van der Waals surface area contributed by atoms with E-state index >= 15 is 0 Å². The van der Waals surface area contributed by atoms with Gasteiger partial charge in [-0.05, 0) is 123 Å². The van der Waals surface area contributed by atoms with Crippen LogP contribution in [0, 0.1) is 34.5 Å². The maximum Gasteiger partial charge on any atom is 0.191 e. The molecule has 3 aliphatic rings. The summed E-state index contributed by atoms with van der Waals surface area (Å²) in [5.41, 5.74) is 2.20. The second-order valence-corrected chi connectivity index (χ2v) is 26.6. The molecule has 5 heteroatoms. The van der Waals surface area contributed by atoms with Crippen molar-refractivity contribution >= 4 is 16.6 Å². The molecule has 38 heavy (non-hydrogen) atoms. The molecule has 0 spiro atoms. The first-order valence-electron chi connectivity index (χ1n) is 15.8. The van der Waals surface area contributed by atoms with Gasteiger partial charge in [0.25, 0.3) is 0 Å². The molecule has 0 aromatic carbocycles. The van der Waals surface area contributed by atoms with Gasteiger partial charge in [0.1, 0.15) is 0 Å². The lowest BCUT2D eigenvalue weighted by Gasteiger charge is -2.57. The number of allylic oxidation sites excluding steroid dienone is 2. The quantitative estimate of drug-likeness (QED) is 0.247. The highest BCUT2D eigenvalue weighted by Crippen LogP contribution is 2.64. The van der Waals surface area contributed by atoms with Crippen LogP contribution < -0.4 is 0 Å². The van der Waals surface area contributed by atoms with E-state index in [9.17, 15) is 5.11 Å². The molecule has 0 amide bonds. The highest BCUT2D eigenvalue weighted by atomic mass is 28.4. The van der Waals surface area contributed by atoms with Crippen molar-refractivity contribution in [2.45, 2.75) is 150 Å². The van der Waals surface area contributed by atoms with Crippen LogP contribution in [0.3, 0.4) is 0 Å². The van der Waals surface area contributed by atoms with Crippen LogP contribution in [-0.2, 0) is 8.85 Å². The van der Waals surface area contributed by atoms with E-state index in [-0.39, 0.29) is 21.6 Å². The number of hydrogen-bond acceptors (Lipinski definition) is 3. The van der Waals surface area contributed by atoms with Crippen LogP contribution in [0.15, 0.2) is 11.6 Å². The molecule has 2 unspecified atom stereocenters. The normalized spacial score (nSPS) is 38.5. The van der Waals surface area contributed by atoms with Gasteiger partial charge in [-0.25, -0.2) is 0 Å². The van der Waals surface area contributed by atoms with Gasteiger partial charge in [0, 0.05) is 13.2 Å². The van der Waals surface area contributed by atoms with Crippen molar-refractivity contribution in [2.75, 3.05) is 13.2 Å². The predicted octanol–water partition coefficient (Wildman–Crippen LogP) is 9.59. The Morgan fingerprint density at radius 2 is 1.39 bits per heavy atom. The van der Waals surface area contributed by atoms with Crippen molar-refractivity contribution in [3.63, 3.8) is 0 Å². The van der Waals surface area contributed by atoms with E-state index < -0.39 is 16.6 Å². The van der Waals surface area contributed by atoms with Gasteiger partial charge in [-0.3, -0.25) is 0 Å². The molecule has 3 nitrogen and oxygen atoms in total. The van der Waals surface area contributed by atoms with Gasteiger partial charge in [-0.15, -0.1) is 0 Å². The first-order valence-corrected chi connectivity index (χ1v) is 21.6. The molecule has 0 aliphatic heterocycles. The predicted molar refractivity (Wildman–Crippen MR) is 169 cm³/mol. The SMILES string of the molecule is C/C=C1/CCC2[C@H](CO[Si](C)(C)C(C)(C)C)C([C@@]3(C)CC[C@H](O)C[C@@H]3CO[Si](C)(C)C(C)(C)C)CC[C@]12C. The first-order chi connectivity index (χ1) is 17.2. The van der Waals surface area contributed by atoms with E-state index in [0.29, 0.717) is 29.1 Å². The molecule has 3 saturated carbocycles. The van der Waals surface area contributed by atoms with Crippen LogP contribution in [-0.4, -0.2) is 41.1 Å². The van der Waals surface area contributed by atoms with Crippen molar-refractivity contribution in [3.8, 4) is 0 Å². The van der Waals surface area contributed by atoms with Crippen molar-refractivity contribution in [1.82, 2.24) is 0 Å². The van der Waals surface area contributed by atoms with Crippen LogP contribution in [0.2, 0.25) is 36.3 Å². The molecule has 0 radical (unpaired) electrons. The minimum absolute atomic E-state index is 0.184. The number of hydrogen-bond donors (Lipinski definition) is 1. The minimum Gasteiger partial charge on any atom is -0.417 e. The second kappa shape index (κ2) is 11.0. The number of aliphatic hydroxyl groups is 1. The Labute approximate surface area is 239 Å². The van der Waals surface area contributed by atoms with Gasteiger partial charge in [0.15, 0.2) is 16.6 Å². The summed E-state index contributed by atoms with van der Waals surface area (Å²) >= 11 is 0. The zero-order valence-corrected chi connectivity index (χ0v) is 29.6. The van der Waals surface area contributed by atoms with Crippen molar-refractivity contribution in [3.05, 3.63) is 11.6 Å². The van der Waals surface area contributed by atoms with E-state index in [1.54, 1.807) is 5.57 Å². The molecule has 0 bridgehead atoms. The molecule has 1 N–H and O–H groups in total. The topological polar surface area (TPSA) is 38.7 Å². The van der Waals surface area contributed by atoms with E-state index in [1.807, 2.05) is 0 Å². The smallest absolute Gasteiger partial charge is 0.191 e. The van der Waals surface area contributed by atoms with Crippen LogP contribution in [0.5, 0.6) is 0 Å². The Balaban J connectivity index is 1.96. The molecule has 222 valence electrons. The fraction of sp³-hybridized carbons (Fsp3) is 0.939. The van der Waals surface area contributed by atoms with Crippen molar-refractivity contribution in [1.29, 1.82) is 0 Å². The Kier molecular flexibility index (Phi) is 9.46. The van der Waals surface area contributed by atoms with E-state index in [1.165, 1.54) is 25.7 Å². The summed E-state index contributed by atoms with van der Waals surface area (Å²) < 4.78 is 14.0. The molecule has 3 aliphatic carbocycles. The van der Waals surface area contributed by atoms with Gasteiger partial charge >= 0.3 is 0 Å². The summed E-state index contributed by atoms with van der Waals surface area (Å²) in [5, 5.41) is 11.3. The monoisotopic (exact) mass is 564 g/mol. The summed E-state index contributed by atoms with van der Waals surface area (Å²) in [6, 6.07) is 0. The lowest BCUT2D eigenvalue weighted by atomic mass is 9.49. The molecular formula is C33H64O3Si2. The number of fused-ring (bicyclic) bond motifs is 1. The number of aliphatic hydroxyl groups excluding tert-OH is 1. The molecule has 0 heterocycles. The first kappa shape index (κ1) is 32.6. The summed E-state index contributed by atoms with van der Waals surface area (Å²) in [5.74, 6) is 2.31. The average Bonchev–Trinajstić information content (AvgIpc) is 3.13. The fourth-order valence-electron chi connectivity index (χ4n) is 7.85. The number of rotatable bonds is 7. The third-order valence-corrected chi connectivity index (χ3v) is 21.9. The molecule has 3 fully saturated rings. The van der Waals surface area contributed by atoms with Gasteiger partial charge in [-0.2, -0.15) is 0 Å². The largest absolute Gasteiger partial charge is 0.417 e. The van der Waals surface area contributed by atoms with Gasteiger partial charge in [0.2, 0.25) is 0 Å². The third-order valence-electron chi connectivity index (χ3n) is 12.9. The third kappa shape index (κ3) is 6.12. The standard InChI is InChI=1S/C33H64O3Si2/c1-14-24-15-16-28-27(23-36-38(12,13)31(5,6)7)29(18-20-32(24,28)8)33(9)19-17-26(34)21-25(33)22-35-37(10,11)30(2,3)4/h14,25-29,34H,15-23H2,1-13H3/b24-14-/t25-,26+,27+,28?,29?,32-,33+/m1/s1. The summed E-state index contributed by atoms with van der Waals surface area (Å²) in [6.45, 7) is 32.8. The van der Waals surface area contributed by atoms with Gasteiger partial charge in [-0.1, -0.05) is 67.0 Å². The summed E-state index contributed by atoms with van der Waals surface area (Å²) in [7, 11) is -3.71. The molecule has 3 rings (SSSR count). The zero-order chi connectivity index (χ0) is 28.9. The molecular weight excluding hydrogens is 501 g/mol. The maximum atomic E-state index is 10.9. The zero-order valence-electron chi connectivity index (χ0n) is 27.6. The molecule has 0 aromatic rings. The lowest BCUT2D eigenvalue weighted by molar-refractivity contribution is -0.102. The highest BCUT2D eigenvalue weighted by Gasteiger charge is 2.57.